The second kappa shape index (κ2) is 12.9. The van der Waals surface area contributed by atoms with Crippen LogP contribution in [0.15, 0.2) is 24.3 Å². The highest BCUT2D eigenvalue weighted by molar-refractivity contribution is 5.94. The molecule has 2 N–H and O–H groups in total. The summed E-state index contributed by atoms with van der Waals surface area (Å²) in [5.74, 6) is -0.821. The summed E-state index contributed by atoms with van der Waals surface area (Å²) in [6, 6.07) is 6.99. The number of amides is 2. The molecule has 2 amide bonds. The van der Waals surface area contributed by atoms with Gasteiger partial charge in [0.2, 0.25) is 5.91 Å². The number of nitrogens with zero attached hydrogens (tertiary/aromatic N) is 1. The van der Waals surface area contributed by atoms with Crippen molar-refractivity contribution in [3.63, 3.8) is 0 Å². The molecule has 0 radical (unpaired) electrons. The number of benzene rings is 1. The second-order valence-corrected chi connectivity index (χ2v) is 7.81. The van der Waals surface area contributed by atoms with E-state index in [2.05, 4.69) is 19.2 Å². The molecule has 0 aromatic heterocycles. The summed E-state index contributed by atoms with van der Waals surface area (Å²) in [5.41, 5.74) is 1.38. The number of rotatable bonds is 13. The molecule has 1 aromatic rings. The number of carboxylic acids is 1. The third-order valence-electron chi connectivity index (χ3n) is 4.36. The number of ether oxygens (including phenoxy) is 1. The molecular formula is C22H34N2O5. The summed E-state index contributed by atoms with van der Waals surface area (Å²) in [6.07, 6.45) is 0.899. The summed E-state index contributed by atoms with van der Waals surface area (Å²) in [7, 11) is 0. The Hall–Kier alpha value is -2.41. The van der Waals surface area contributed by atoms with Crippen molar-refractivity contribution in [3.05, 3.63) is 35.4 Å². The van der Waals surface area contributed by atoms with E-state index in [1.807, 2.05) is 0 Å². The normalized spacial score (nSPS) is 11.0. The van der Waals surface area contributed by atoms with Gasteiger partial charge in [0.25, 0.3) is 5.91 Å². The maximum absolute atomic E-state index is 12.3. The van der Waals surface area contributed by atoms with Crippen LogP contribution in [0.5, 0.6) is 0 Å². The van der Waals surface area contributed by atoms with Crippen LogP contribution in [0, 0.1) is 11.8 Å². The van der Waals surface area contributed by atoms with Crippen LogP contribution in [0.2, 0.25) is 0 Å². The summed E-state index contributed by atoms with van der Waals surface area (Å²) in [6.45, 7) is 9.94. The fourth-order valence-electron chi connectivity index (χ4n) is 2.60. The lowest BCUT2D eigenvalue weighted by molar-refractivity contribution is -0.139. The first-order chi connectivity index (χ1) is 13.7. The molecule has 0 unspecified atom stereocenters. The average Bonchev–Trinajstić information content (AvgIpc) is 2.67. The van der Waals surface area contributed by atoms with Crippen molar-refractivity contribution in [1.82, 2.24) is 10.2 Å². The van der Waals surface area contributed by atoms with Crippen molar-refractivity contribution in [2.24, 2.45) is 11.8 Å². The van der Waals surface area contributed by atoms with Gasteiger partial charge < -0.3 is 20.1 Å². The molecule has 29 heavy (non-hydrogen) atoms. The first-order valence-electron chi connectivity index (χ1n) is 10.2. The fourth-order valence-corrected chi connectivity index (χ4v) is 2.60. The molecule has 1 rings (SSSR count). The highest BCUT2D eigenvalue weighted by atomic mass is 16.5. The number of carboxylic acid groups (broad SMARTS) is 1. The van der Waals surface area contributed by atoms with Gasteiger partial charge in [0.05, 0.1) is 13.0 Å². The molecule has 0 saturated heterocycles. The van der Waals surface area contributed by atoms with E-state index in [1.165, 1.54) is 0 Å². The first-order valence-corrected chi connectivity index (χ1v) is 10.2. The van der Waals surface area contributed by atoms with Crippen LogP contribution in [0.3, 0.4) is 0 Å². The van der Waals surface area contributed by atoms with E-state index in [0.717, 1.165) is 12.0 Å². The fraction of sp³-hybridized carbons (Fsp3) is 0.591. The maximum Gasteiger partial charge on any atom is 0.305 e. The van der Waals surface area contributed by atoms with Crippen molar-refractivity contribution >= 4 is 17.8 Å². The molecule has 1 aromatic carbocycles. The molecule has 0 fully saturated rings. The lowest BCUT2D eigenvalue weighted by atomic mass is 10.1. The van der Waals surface area contributed by atoms with Crippen LogP contribution in [0.25, 0.3) is 0 Å². The standard InChI is InChI=1S/C22H34N2O5/c1-16(2)10-13-29-14-11-23-21(27)19-7-5-18(6-8-19)15-24(12-9-20(25)26)22(28)17(3)4/h5-8,16-17H,9-15H2,1-4H3,(H,23,27)(H,25,26). The molecule has 0 bridgehead atoms. The van der Waals surface area contributed by atoms with Crippen molar-refractivity contribution < 1.29 is 24.2 Å². The Morgan fingerprint density at radius 1 is 1.07 bits per heavy atom. The minimum atomic E-state index is -0.938. The minimum Gasteiger partial charge on any atom is -0.481 e. The molecular weight excluding hydrogens is 372 g/mol. The van der Waals surface area contributed by atoms with E-state index >= 15 is 0 Å². The molecule has 0 aliphatic rings. The molecule has 0 atom stereocenters. The molecule has 7 heteroatoms. The summed E-state index contributed by atoms with van der Waals surface area (Å²) >= 11 is 0. The molecule has 0 heterocycles. The smallest absolute Gasteiger partial charge is 0.305 e. The average molecular weight is 407 g/mol. The lowest BCUT2D eigenvalue weighted by Crippen LogP contribution is -2.35. The number of carbonyl (C=O) groups excluding carboxylic acids is 2. The van der Waals surface area contributed by atoms with Crippen molar-refractivity contribution in [2.75, 3.05) is 26.3 Å². The van der Waals surface area contributed by atoms with Gasteiger partial charge in [-0.3, -0.25) is 14.4 Å². The van der Waals surface area contributed by atoms with Gasteiger partial charge in [0, 0.05) is 37.7 Å². The van der Waals surface area contributed by atoms with Gasteiger partial charge in [-0.2, -0.15) is 0 Å². The molecule has 0 spiro atoms. The number of nitrogens with one attached hydrogen (secondary N) is 1. The number of aliphatic carboxylic acids is 1. The Bertz CT molecular complexity index is 656. The Balaban J connectivity index is 2.54. The molecule has 7 nitrogen and oxygen atoms in total. The molecule has 0 aliphatic carbocycles. The predicted octanol–water partition coefficient (Wildman–Crippen LogP) is 2.94. The number of carbonyl (C=O) groups is 3. The zero-order valence-corrected chi connectivity index (χ0v) is 17.9. The SMILES string of the molecule is CC(C)CCOCCNC(=O)c1ccc(CN(CCC(=O)O)C(=O)C(C)C)cc1. The summed E-state index contributed by atoms with van der Waals surface area (Å²) in [4.78, 5) is 36.9. The van der Waals surface area contributed by atoms with Crippen LogP contribution in [0.4, 0.5) is 0 Å². The van der Waals surface area contributed by atoms with Gasteiger partial charge in [0.1, 0.15) is 0 Å². The predicted molar refractivity (Wildman–Crippen MR) is 112 cm³/mol. The van der Waals surface area contributed by atoms with Crippen molar-refractivity contribution in [3.8, 4) is 0 Å². The van der Waals surface area contributed by atoms with E-state index in [4.69, 9.17) is 9.84 Å². The molecule has 0 aliphatic heterocycles. The van der Waals surface area contributed by atoms with E-state index in [0.29, 0.717) is 37.8 Å². The van der Waals surface area contributed by atoms with Crippen LogP contribution >= 0.6 is 0 Å². The Labute approximate surface area is 173 Å². The minimum absolute atomic E-state index is 0.0921. The molecule has 162 valence electrons. The van der Waals surface area contributed by atoms with E-state index in [9.17, 15) is 14.4 Å². The summed E-state index contributed by atoms with van der Waals surface area (Å²) < 4.78 is 5.48. The number of hydrogen-bond acceptors (Lipinski definition) is 4. The summed E-state index contributed by atoms with van der Waals surface area (Å²) in [5, 5.41) is 11.7. The van der Waals surface area contributed by atoms with Crippen molar-refractivity contribution in [1.29, 1.82) is 0 Å². The van der Waals surface area contributed by atoms with Crippen LogP contribution in [-0.4, -0.2) is 54.1 Å². The van der Waals surface area contributed by atoms with E-state index in [1.54, 1.807) is 43.0 Å². The van der Waals surface area contributed by atoms with Gasteiger partial charge in [-0.15, -0.1) is 0 Å². The van der Waals surface area contributed by atoms with Crippen LogP contribution in [-0.2, 0) is 20.9 Å². The lowest BCUT2D eigenvalue weighted by Gasteiger charge is -2.24. The topological polar surface area (TPSA) is 95.9 Å². The monoisotopic (exact) mass is 406 g/mol. The van der Waals surface area contributed by atoms with Gasteiger partial charge in [-0.1, -0.05) is 39.8 Å². The maximum atomic E-state index is 12.3. The largest absolute Gasteiger partial charge is 0.481 e. The zero-order chi connectivity index (χ0) is 21.8. The molecule has 0 saturated carbocycles. The van der Waals surface area contributed by atoms with Crippen LogP contribution in [0.1, 0.15) is 56.5 Å². The Morgan fingerprint density at radius 3 is 2.28 bits per heavy atom. The zero-order valence-electron chi connectivity index (χ0n) is 17.9. The Morgan fingerprint density at radius 2 is 1.72 bits per heavy atom. The van der Waals surface area contributed by atoms with Gasteiger partial charge in [-0.05, 0) is 30.0 Å². The van der Waals surface area contributed by atoms with Gasteiger partial charge in [0.15, 0.2) is 0 Å². The quantitative estimate of drug-likeness (QED) is 0.491. The highest BCUT2D eigenvalue weighted by Crippen LogP contribution is 2.11. The Kier molecular flexibility index (Phi) is 11.0. The third kappa shape index (κ3) is 10.1. The van der Waals surface area contributed by atoms with E-state index in [-0.39, 0.29) is 30.7 Å². The number of hydrogen-bond donors (Lipinski definition) is 2. The van der Waals surface area contributed by atoms with Crippen LogP contribution < -0.4 is 5.32 Å². The van der Waals surface area contributed by atoms with Gasteiger partial charge >= 0.3 is 5.97 Å². The van der Waals surface area contributed by atoms with E-state index < -0.39 is 5.97 Å². The third-order valence-corrected chi connectivity index (χ3v) is 4.36. The van der Waals surface area contributed by atoms with Crippen molar-refractivity contribution in [2.45, 2.75) is 47.1 Å². The second-order valence-electron chi connectivity index (χ2n) is 7.81. The highest BCUT2D eigenvalue weighted by Gasteiger charge is 2.18. The first kappa shape index (κ1) is 24.6. The van der Waals surface area contributed by atoms with Gasteiger partial charge in [-0.25, -0.2) is 0 Å².